The molecule has 2 amide bonds. The highest BCUT2D eigenvalue weighted by molar-refractivity contribution is 7.80. The molecule has 30 heavy (non-hydrogen) atoms. The summed E-state index contributed by atoms with van der Waals surface area (Å²) in [6.45, 7) is 3.90. The van der Waals surface area contributed by atoms with Crippen LogP contribution in [0.5, 0.6) is 11.5 Å². The standard InChI is InChI=1S/C22H21FN2O4S/c1-4-13(2)29-19-14(6-5-7-18(19)28-3)12-17-20(26)24-22(30)25(21(17)27)16-10-8-15(23)9-11-16/h5-13H,4H2,1-3H3,(H,24,26,30)/b17-12-. The molecule has 8 heteroatoms. The second-order valence-corrected chi connectivity index (χ2v) is 7.04. The highest BCUT2D eigenvalue weighted by Gasteiger charge is 2.34. The molecule has 3 rings (SSSR count). The molecule has 2 aromatic rings. The minimum atomic E-state index is -0.624. The third kappa shape index (κ3) is 4.33. The number of rotatable bonds is 6. The van der Waals surface area contributed by atoms with Crippen LogP contribution >= 0.6 is 12.2 Å². The summed E-state index contributed by atoms with van der Waals surface area (Å²) in [7, 11) is 1.52. The van der Waals surface area contributed by atoms with E-state index in [1.54, 1.807) is 18.2 Å². The maximum absolute atomic E-state index is 13.3. The molecule has 1 unspecified atom stereocenters. The van der Waals surface area contributed by atoms with Crippen molar-refractivity contribution in [1.82, 2.24) is 5.32 Å². The predicted molar refractivity (Wildman–Crippen MR) is 116 cm³/mol. The van der Waals surface area contributed by atoms with Crippen LogP contribution in [0.4, 0.5) is 10.1 Å². The highest BCUT2D eigenvalue weighted by atomic mass is 32.1. The highest BCUT2D eigenvalue weighted by Crippen LogP contribution is 2.34. The van der Waals surface area contributed by atoms with Crippen molar-refractivity contribution in [3.05, 3.63) is 59.4 Å². The lowest BCUT2D eigenvalue weighted by atomic mass is 10.1. The SMILES string of the molecule is CCC(C)Oc1c(/C=C2/C(=O)NC(=S)N(c3ccc(F)cc3)C2=O)cccc1OC. The summed E-state index contributed by atoms with van der Waals surface area (Å²) in [6.07, 6.45) is 2.11. The van der Waals surface area contributed by atoms with E-state index in [0.29, 0.717) is 22.7 Å². The van der Waals surface area contributed by atoms with Gasteiger partial charge >= 0.3 is 0 Å². The van der Waals surface area contributed by atoms with Gasteiger partial charge in [0.15, 0.2) is 16.6 Å². The molecule has 1 aliphatic rings. The van der Waals surface area contributed by atoms with E-state index in [0.717, 1.165) is 11.3 Å². The Bertz CT molecular complexity index is 1020. The van der Waals surface area contributed by atoms with Gasteiger partial charge in [0.1, 0.15) is 11.4 Å². The zero-order chi connectivity index (χ0) is 21.8. The van der Waals surface area contributed by atoms with Crippen LogP contribution in [-0.4, -0.2) is 30.1 Å². The lowest BCUT2D eigenvalue weighted by molar-refractivity contribution is -0.122. The van der Waals surface area contributed by atoms with E-state index in [9.17, 15) is 14.0 Å². The van der Waals surface area contributed by atoms with Gasteiger partial charge in [0.2, 0.25) is 0 Å². The van der Waals surface area contributed by atoms with E-state index in [-0.39, 0.29) is 16.8 Å². The molecule has 0 radical (unpaired) electrons. The van der Waals surface area contributed by atoms with Crippen LogP contribution in [0, 0.1) is 5.82 Å². The van der Waals surface area contributed by atoms with Crippen LogP contribution in [0.1, 0.15) is 25.8 Å². The van der Waals surface area contributed by atoms with Gasteiger partial charge in [0, 0.05) is 5.56 Å². The lowest BCUT2D eigenvalue weighted by Crippen LogP contribution is -2.54. The fourth-order valence-corrected chi connectivity index (χ4v) is 3.14. The molecule has 1 aliphatic heterocycles. The number of methoxy groups -OCH3 is 1. The summed E-state index contributed by atoms with van der Waals surface area (Å²) < 4.78 is 24.6. The van der Waals surface area contributed by atoms with Crippen molar-refractivity contribution in [1.29, 1.82) is 0 Å². The Hall–Kier alpha value is -3.26. The summed E-state index contributed by atoms with van der Waals surface area (Å²) in [5, 5.41) is 2.43. The van der Waals surface area contributed by atoms with E-state index in [4.69, 9.17) is 21.7 Å². The first kappa shape index (κ1) is 21.4. The quantitative estimate of drug-likeness (QED) is 0.430. The van der Waals surface area contributed by atoms with Crippen molar-refractivity contribution in [2.45, 2.75) is 26.4 Å². The molecule has 0 spiro atoms. The van der Waals surface area contributed by atoms with Gasteiger partial charge in [-0.05, 0) is 62.0 Å². The first-order valence-corrected chi connectivity index (χ1v) is 9.77. The number of thiocarbonyl (C=S) groups is 1. The molecule has 0 aliphatic carbocycles. The Balaban J connectivity index is 2.05. The summed E-state index contributed by atoms with van der Waals surface area (Å²) >= 11 is 5.16. The van der Waals surface area contributed by atoms with Crippen LogP contribution in [0.15, 0.2) is 48.0 Å². The Morgan fingerprint density at radius 3 is 2.53 bits per heavy atom. The van der Waals surface area contributed by atoms with Crippen molar-refractivity contribution in [3.63, 3.8) is 0 Å². The Kier molecular flexibility index (Phi) is 6.47. The monoisotopic (exact) mass is 428 g/mol. The van der Waals surface area contributed by atoms with Gasteiger partial charge in [-0.15, -0.1) is 0 Å². The summed E-state index contributed by atoms with van der Waals surface area (Å²) in [4.78, 5) is 26.8. The molecule has 1 N–H and O–H groups in total. The zero-order valence-corrected chi connectivity index (χ0v) is 17.6. The number of hydrogen-bond acceptors (Lipinski definition) is 5. The summed E-state index contributed by atoms with van der Waals surface area (Å²) in [6, 6.07) is 10.5. The van der Waals surface area contributed by atoms with Crippen molar-refractivity contribution in [2.75, 3.05) is 12.0 Å². The Morgan fingerprint density at radius 2 is 1.90 bits per heavy atom. The number of halogens is 1. The zero-order valence-electron chi connectivity index (χ0n) is 16.8. The van der Waals surface area contributed by atoms with Gasteiger partial charge in [-0.3, -0.25) is 19.8 Å². The minimum absolute atomic E-state index is 0.0736. The third-order valence-electron chi connectivity index (χ3n) is 4.61. The van der Waals surface area contributed by atoms with Crippen LogP contribution in [0.25, 0.3) is 6.08 Å². The van der Waals surface area contributed by atoms with E-state index in [1.165, 1.54) is 37.5 Å². The topological polar surface area (TPSA) is 67.9 Å². The van der Waals surface area contributed by atoms with Gasteiger partial charge in [0.05, 0.1) is 18.9 Å². The number of nitrogens with one attached hydrogen (secondary N) is 1. The second kappa shape index (κ2) is 9.04. The normalized spacial score (nSPS) is 16.5. The number of nitrogens with zero attached hydrogens (tertiary/aromatic N) is 1. The number of carbonyl (C=O) groups is 2. The molecule has 6 nitrogen and oxygen atoms in total. The van der Waals surface area contributed by atoms with Gasteiger partial charge < -0.3 is 9.47 Å². The molecule has 1 fully saturated rings. The molecule has 0 bridgehead atoms. The number of anilines is 1. The summed E-state index contributed by atoms with van der Waals surface area (Å²) in [5.41, 5.74) is 0.731. The van der Waals surface area contributed by atoms with Gasteiger partial charge in [0.25, 0.3) is 11.8 Å². The Morgan fingerprint density at radius 1 is 1.20 bits per heavy atom. The average molecular weight is 428 g/mol. The molecule has 0 aromatic heterocycles. The maximum Gasteiger partial charge on any atom is 0.270 e. The molecule has 1 atom stereocenters. The first-order chi connectivity index (χ1) is 14.3. The van der Waals surface area contributed by atoms with Gasteiger partial charge in [-0.2, -0.15) is 0 Å². The van der Waals surface area contributed by atoms with Crippen LogP contribution in [0.3, 0.4) is 0 Å². The fourth-order valence-electron chi connectivity index (χ4n) is 2.86. The van der Waals surface area contributed by atoms with Gasteiger partial charge in [-0.1, -0.05) is 19.1 Å². The Labute approximate surface area is 179 Å². The number of hydrogen-bond donors (Lipinski definition) is 1. The largest absolute Gasteiger partial charge is 0.493 e. The predicted octanol–water partition coefficient (Wildman–Crippen LogP) is 3.84. The molecule has 0 saturated carbocycles. The third-order valence-corrected chi connectivity index (χ3v) is 4.89. The van der Waals surface area contributed by atoms with E-state index >= 15 is 0 Å². The van der Waals surface area contributed by atoms with Crippen molar-refractivity contribution in [2.24, 2.45) is 0 Å². The molecular weight excluding hydrogens is 407 g/mol. The molecular formula is C22H21FN2O4S. The number of amides is 2. The minimum Gasteiger partial charge on any atom is -0.493 e. The smallest absolute Gasteiger partial charge is 0.270 e. The molecule has 1 heterocycles. The van der Waals surface area contributed by atoms with Crippen molar-refractivity contribution >= 4 is 40.9 Å². The van der Waals surface area contributed by atoms with Crippen LogP contribution < -0.4 is 19.7 Å². The van der Waals surface area contributed by atoms with Crippen LogP contribution in [-0.2, 0) is 9.59 Å². The van der Waals surface area contributed by atoms with Crippen molar-refractivity contribution in [3.8, 4) is 11.5 Å². The second-order valence-electron chi connectivity index (χ2n) is 6.65. The summed E-state index contributed by atoms with van der Waals surface area (Å²) in [5.74, 6) is -0.770. The number of ether oxygens (including phenoxy) is 2. The number of para-hydroxylation sites is 1. The molecule has 1 saturated heterocycles. The lowest BCUT2D eigenvalue weighted by Gasteiger charge is -2.29. The number of benzene rings is 2. The van der Waals surface area contributed by atoms with E-state index < -0.39 is 17.6 Å². The van der Waals surface area contributed by atoms with E-state index in [2.05, 4.69) is 5.32 Å². The fraction of sp³-hybridized carbons (Fsp3) is 0.227. The maximum atomic E-state index is 13.3. The van der Waals surface area contributed by atoms with Gasteiger partial charge in [-0.25, -0.2) is 4.39 Å². The van der Waals surface area contributed by atoms with E-state index in [1.807, 2.05) is 13.8 Å². The van der Waals surface area contributed by atoms with Crippen LogP contribution in [0.2, 0.25) is 0 Å². The number of carbonyl (C=O) groups excluding carboxylic acids is 2. The van der Waals surface area contributed by atoms with Crippen molar-refractivity contribution < 1.29 is 23.5 Å². The average Bonchev–Trinajstić information content (AvgIpc) is 2.73. The first-order valence-electron chi connectivity index (χ1n) is 9.36. The molecule has 2 aromatic carbocycles. The molecule has 156 valence electrons.